The fourth-order valence-corrected chi connectivity index (χ4v) is 2.46. The zero-order valence-corrected chi connectivity index (χ0v) is 11.1. The van der Waals surface area contributed by atoms with E-state index in [4.69, 9.17) is 17.3 Å². The molecule has 0 radical (unpaired) electrons. The standard InChI is InChI=1S/C11H13ClN4S/c1-6-3-4-9(17-6)7(2)15-10-8(13)5-14-11(12)16-10/h3-5,7H,13H2,1-2H3,(H,14,15,16). The minimum atomic E-state index is 0.141. The number of rotatable bonds is 3. The fraction of sp³-hybridized carbons (Fsp3) is 0.273. The van der Waals surface area contributed by atoms with Gasteiger partial charge < -0.3 is 11.1 Å². The molecule has 2 aromatic heterocycles. The first-order chi connectivity index (χ1) is 8.06. The predicted molar refractivity (Wildman–Crippen MR) is 72.5 cm³/mol. The number of nitrogens with two attached hydrogens (primary N) is 1. The van der Waals surface area contributed by atoms with Gasteiger partial charge in [0.1, 0.15) is 0 Å². The van der Waals surface area contributed by atoms with Gasteiger partial charge in [-0.25, -0.2) is 4.98 Å². The van der Waals surface area contributed by atoms with E-state index in [0.29, 0.717) is 11.5 Å². The van der Waals surface area contributed by atoms with E-state index in [-0.39, 0.29) is 11.3 Å². The average molecular weight is 269 g/mol. The molecule has 0 aromatic carbocycles. The summed E-state index contributed by atoms with van der Waals surface area (Å²) >= 11 is 7.48. The van der Waals surface area contributed by atoms with Gasteiger partial charge in [-0.3, -0.25) is 0 Å². The smallest absolute Gasteiger partial charge is 0.224 e. The molecule has 6 heteroatoms. The minimum absolute atomic E-state index is 0.141. The number of thiophene rings is 1. The third-order valence-corrected chi connectivity index (χ3v) is 3.69. The Balaban J connectivity index is 2.18. The van der Waals surface area contributed by atoms with E-state index >= 15 is 0 Å². The van der Waals surface area contributed by atoms with E-state index in [2.05, 4.69) is 41.3 Å². The van der Waals surface area contributed by atoms with E-state index in [1.165, 1.54) is 16.0 Å². The third kappa shape index (κ3) is 2.87. The number of hydrogen-bond donors (Lipinski definition) is 2. The number of aromatic nitrogens is 2. The molecule has 1 atom stereocenters. The molecule has 2 rings (SSSR count). The number of halogens is 1. The van der Waals surface area contributed by atoms with Crippen molar-refractivity contribution in [3.8, 4) is 0 Å². The van der Waals surface area contributed by atoms with Crippen LogP contribution in [0.5, 0.6) is 0 Å². The zero-order valence-electron chi connectivity index (χ0n) is 9.57. The second-order valence-electron chi connectivity index (χ2n) is 3.76. The molecule has 0 saturated heterocycles. The van der Waals surface area contributed by atoms with Crippen molar-refractivity contribution < 1.29 is 0 Å². The number of nitrogens with one attached hydrogen (secondary N) is 1. The molecule has 3 N–H and O–H groups in total. The van der Waals surface area contributed by atoms with E-state index in [9.17, 15) is 0 Å². The molecule has 2 heterocycles. The molecule has 0 fully saturated rings. The Morgan fingerprint density at radius 3 is 2.88 bits per heavy atom. The lowest BCUT2D eigenvalue weighted by Crippen LogP contribution is -2.09. The molecule has 0 amide bonds. The highest BCUT2D eigenvalue weighted by atomic mass is 35.5. The molecular formula is C11H13ClN4S. The summed E-state index contributed by atoms with van der Waals surface area (Å²) in [6, 6.07) is 4.33. The zero-order chi connectivity index (χ0) is 12.4. The van der Waals surface area contributed by atoms with E-state index in [1.54, 1.807) is 11.3 Å². The number of aryl methyl sites for hydroxylation is 1. The summed E-state index contributed by atoms with van der Waals surface area (Å²) in [5.74, 6) is 0.573. The van der Waals surface area contributed by atoms with Crippen LogP contribution in [0.25, 0.3) is 0 Å². The normalized spacial score (nSPS) is 12.4. The summed E-state index contributed by atoms with van der Waals surface area (Å²) in [5, 5.41) is 3.42. The molecule has 17 heavy (non-hydrogen) atoms. The van der Waals surface area contributed by atoms with Crippen LogP contribution < -0.4 is 11.1 Å². The Labute approximate surface area is 109 Å². The maximum Gasteiger partial charge on any atom is 0.224 e. The first kappa shape index (κ1) is 12.1. The molecule has 0 spiro atoms. The molecule has 1 unspecified atom stereocenters. The number of anilines is 2. The van der Waals surface area contributed by atoms with Gasteiger partial charge in [-0.15, -0.1) is 11.3 Å². The summed E-state index contributed by atoms with van der Waals surface area (Å²) in [7, 11) is 0. The van der Waals surface area contributed by atoms with Gasteiger partial charge in [0.25, 0.3) is 0 Å². The van der Waals surface area contributed by atoms with Gasteiger partial charge in [0.2, 0.25) is 5.28 Å². The quantitative estimate of drug-likeness (QED) is 0.839. The summed E-state index contributed by atoms with van der Waals surface area (Å²) in [6.07, 6.45) is 1.50. The van der Waals surface area contributed by atoms with Crippen LogP contribution in [-0.4, -0.2) is 9.97 Å². The average Bonchev–Trinajstić information content (AvgIpc) is 2.70. The summed E-state index contributed by atoms with van der Waals surface area (Å²) in [6.45, 7) is 4.14. The first-order valence-corrected chi connectivity index (χ1v) is 6.36. The minimum Gasteiger partial charge on any atom is -0.394 e. The van der Waals surface area contributed by atoms with Gasteiger partial charge in [0.15, 0.2) is 5.82 Å². The maximum absolute atomic E-state index is 5.78. The van der Waals surface area contributed by atoms with Crippen molar-refractivity contribution in [1.29, 1.82) is 0 Å². The highest BCUT2D eigenvalue weighted by molar-refractivity contribution is 7.12. The Hall–Kier alpha value is -1.33. The second kappa shape index (κ2) is 4.89. The van der Waals surface area contributed by atoms with Crippen LogP contribution in [0.3, 0.4) is 0 Å². The predicted octanol–water partition coefficient (Wildman–Crippen LogP) is 3.26. The Morgan fingerprint density at radius 2 is 2.24 bits per heavy atom. The van der Waals surface area contributed by atoms with E-state index in [1.807, 2.05) is 0 Å². The van der Waals surface area contributed by atoms with Crippen LogP contribution >= 0.6 is 22.9 Å². The molecule has 4 nitrogen and oxygen atoms in total. The number of nitrogens with zero attached hydrogens (tertiary/aromatic N) is 2. The van der Waals surface area contributed by atoms with Crippen molar-refractivity contribution in [2.45, 2.75) is 19.9 Å². The lowest BCUT2D eigenvalue weighted by Gasteiger charge is -2.14. The molecule has 0 aliphatic rings. The third-order valence-electron chi connectivity index (χ3n) is 2.33. The van der Waals surface area contributed by atoms with Crippen LogP contribution in [-0.2, 0) is 0 Å². The lowest BCUT2D eigenvalue weighted by molar-refractivity contribution is 0.894. The molecule has 2 aromatic rings. The van der Waals surface area contributed by atoms with Crippen molar-refractivity contribution in [2.75, 3.05) is 11.1 Å². The second-order valence-corrected chi connectivity index (χ2v) is 5.41. The Morgan fingerprint density at radius 1 is 1.47 bits per heavy atom. The topological polar surface area (TPSA) is 63.8 Å². The summed E-state index contributed by atoms with van der Waals surface area (Å²) < 4.78 is 0. The SMILES string of the molecule is Cc1ccc(C(C)Nc2nc(Cl)ncc2N)s1. The van der Waals surface area contributed by atoms with Crippen LogP contribution in [0.1, 0.15) is 22.7 Å². The van der Waals surface area contributed by atoms with Gasteiger partial charge in [-0.1, -0.05) is 0 Å². The number of hydrogen-bond acceptors (Lipinski definition) is 5. The van der Waals surface area contributed by atoms with Crippen molar-refractivity contribution in [1.82, 2.24) is 9.97 Å². The van der Waals surface area contributed by atoms with E-state index in [0.717, 1.165) is 0 Å². The van der Waals surface area contributed by atoms with Gasteiger partial charge >= 0.3 is 0 Å². The molecule has 0 saturated carbocycles. The Kier molecular flexibility index (Phi) is 3.49. The Bertz CT molecular complexity index is 526. The van der Waals surface area contributed by atoms with Crippen LogP contribution in [0, 0.1) is 6.92 Å². The monoisotopic (exact) mass is 268 g/mol. The van der Waals surface area contributed by atoms with Crippen LogP contribution in [0.4, 0.5) is 11.5 Å². The lowest BCUT2D eigenvalue weighted by atomic mass is 10.2. The van der Waals surface area contributed by atoms with Crippen LogP contribution in [0.2, 0.25) is 5.28 Å². The van der Waals surface area contributed by atoms with Crippen molar-refractivity contribution in [2.24, 2.45) is 0 Å². The van der Waals surface area contributed by atoms with Crippen molar-refractivity contribution in [3.05, 3.63) is 33.4 Å². The molecule has 90 valence electrons. The highest BCUT2D eigenvalue weighted by Crippen LogP contribution is 2.27. The van der Waals surface area contributed by atoms with Gasteiger partial charge in [0.05, 0.1) is 17.9 Å². The highest BCUT2D eigenvalue weighted by Gasteiger charge is 2.10. The van der Waals surface area contributed by atoms with Gasteiger partial charge in [0, 0.05) is 9.75 Å². The fourth-order valence-electron chi connectivity index (χ4n) is 1.45. The summed E-state index contributed by atoms with van der Waals surface area (Å²) in [4.78, 5) is 10.4. The molecular weight excluding hydrogens is 256 g/mol. The van der Waals surface area contributed by atoms with Crippen LogP contribution in [0.15, 0.2) is 18.3 Å². The summed E-state index contributed by atoms with van der Waals surface area (Å²) in [5.41, 5.74) is 6.27. The molecule has 0 aliphatic carbocycles. The largest absolute Gasteiger partial charge is 0.394 e. The van der Waals surface area contributed by atoms with Crippen molar-refractivity contribution in [3.63, 3.8) is 0 Å². The van der Waals surface area contributed by atoms with Crippen molar-refractivity contribution >= 4 is 34.4 Å². The molecule has 0 aliphatic heterocycles. The van der Waals surface area contributed by atoms with Gasteiger partial charge in [-0.2, -0.15) is 4.98 Å². The first-order valence-electron chi connectivity index (χ1n) is 5.17. The van der Waals surface area contributed by atoms with E-state index < -0.39 is 0 Å². The molecule has 0 bridgehead atoms. The van der Waals surface area contributed by atoms with Gasteiger partial charge in [-0.05, 0) is 37.6 Å². The maximum atomic E-state index is 5.78. The number of nitrogen functional groups attached to an aromatic ring is 1.